The predicted molar refractivity (Wildman–Crippen MR) is 86.2 cm³/mol. The zero-order chi connectivity index (χ0) is 13.8. The van der Waals surface area contributed by atoms with Gasteiger partial charge in [0.15, 0.2) is 0 Å². The van der Waals surface area contributed by atoms with Crippen LogP contribution in [0.4, 0.5) is 5.69 Å². The molecule has 0 amide bonds. The van der Waals surface area contributed by atoms with Crippen LogP contribution < -0.4 is 4.90 Å². The number of para-hydroxylation sites is 1. The van der Waals surface area contributed by atoms with E-state index in [2.05, 4.69) is 47.1 Å². The molecule has 2 heteroatoms. The lowest BCUT2D eigenvalue weighted by molar-refractivity contribution is 0.157. The second-order valence-electron chi connectivity index (χ2n) is 6.75. The summed E-state index contributed by atoms with van der Waals surface area (Å²) < 4.78 is 0. The second-order valence-corrected chi connectivity index (χ2v) is 6.75. The quantitative estimate of drug-likeness (QED) is 0.829. The fourth-order valence-electron chi connectivity index (χ4n) is 3.62. The minimum absolute atomic E-state index is 0.920. The van der Waals surface area contributed by atoms with E-state index in [1.54, 1.807) is 0 Å². The van der Waals surface area contributed by atoms with Crippen molar-refractivity contribution in [2.45, 2.75) is 32.6 Å². The first kappa shape index (κ1) is 13.9. The molecule has 2 heterocycles. The lowest BCUT2D eigenvalue weighted by Gasteiger charge is -2.38. The number of piperidine rings is 2. The summed E-state index contributed by atoms with van der Waals surface area (Å²) in [6.45, 7) is 8.88. The fourth-order valence-corrected chi connectivity index (χ4v) is 3.62. The molecule has 0 unspecified atom stereocenters. The average molecular weight is 272 g/mol. The zero-order valence-corrected chi connectivity index (χ0v) is 12.8. The van der Waals surface area contributed by atoms with Crippen LogP contribution in [-0.2, 0) is 0 Å². The van der Waals surface area contributed by atoms with E-state index in [0.29, 0.717) is 0 Å². The Labute approximate surface area is 123 Å². The Bertz CT molecular complexity index is 387. The summed E-state index contributed by atoms with van der Waals surface area (Å²) in [6, 6.07) is 10.9. The molecule has 2 nitrogen and oxygen atoms in total. The van der Waals surface area contributed by atoms with Crippen LogP contribution in [0.15, 0.2) is 30.3 Å². The Hall–Kier alpha value is -1.02. The summed E-state index contributed by atoms with van der Waals surface area (Å²) in [5, 5.41) is 0. The summed E-state index contributed by atoms with van der Waals surface area (Å²) in [4.78, 5) is 5.26. The summed E-state index contributed by atoms with van der Waals surface area (Å²) in [5.41, 5.74) is 1.40. The predicted octanol–water partition coefficient (Wildman–Crippen LogP) is 3.63. The first-order valence-electron chi connectivity index (χ1n) is 8.33. The molecule has 0 saturated carbocycles. The van der Waals surface area contributed by atoms with Crippen LogP contribution in [0.5, 0.6) is 0 Å². The van der Waals surface area contributed by atoms with Crippen LogP contribution in [0.2, 0.25) is 0 Å². The molecule has 3 rings (SSSR count). The fraction of sp³-hybridized carbons (Fsp3) is 0.667. The van der Waals surface area contributed by atoms with Gasteiger partial charge >= 0.3 is 0 Å². The second kappa shape index (κ2) is 6.62. The molecule has 0 radical (unpaired) electrons. The molecule has 0 aliphatic carbocycles. The number of likely N-dealkylation sites (tertiary alicyclic amines) is 1. The molecule has 0 atom stereocenters. The molecule has 0 spiro atoms. The number of rotatable bonds is 3. The summed E-state index contributed by atoms with van der Waals surface area (Å²) >= 11 is 0. The Morgan fingerprint density at radius 1 is 0.900 bits per heavy atom. The molecule has 0 N–H and O–H groups in total. The largest absolute Gasteiger partial charge is 0.372 e. The van der Waals surface area contributed by atoms with E-state index >= 15 is 0 Å². The van der Waals surface area contributed by atoms with Crippen molar-refractivity contribution in [3.05, 3.63) is 30.3 Å². The van der Waals surface area contributed by atoms with Crippen LogP contribution in [0.1, 0.15) is 32.6 Å². The van der Waals surface area contributed by atoms with Gasteiger partial charge in [-0.1, -0.05) is 25.1 Å². The van der Waals surface area contributed by atoms with Gasteiger partial charge in [0, 0.05) is 25.3 Å². The maximum Gasteiger partial charge on any atom is 0.0366 e. The SMILES string of the molecule is CC1CCN(CC2CCN(c3ccccc3)CC2)CC1. The van der Waals surface area contributed by atoms with Crippen molar-refractivity contribution in [2.24, 2.45) is 11.8 Å². The van der Waals surface area contributed by atoms with E-state index in [1.165, 1.54) is 64.1 Å². The Morgan fingerprint density at radius 2 is 1.55 bits per heavy atom. The Kier molecular flexibility index (Phi) is 4.62. The number of hydrogen-bond donors (Lipinski definition) is 0. The number of benzene rings is 1. The van der Waals surface area contributed by atoms with Crippen molar-refractivity contribution in [3.63, 3.8) is 0 Å². The van der Waals surface area contributed by atoms with Gasteiger partial charge < -0.3 is 9.80 Å². The molecule has 2 saturated heterocycles. The van der Waals surface area contributed by atoms with E-state index in [1.807, 2.05) is 0 Å². The summed E-state index contributed by atoms with van der Waals surface area (Å²) in [5.74, 6) is 1.87. The van der Waals surface area contributed by atoms with Crippen molar-refractivity contribution in [3.8, 4) is 0 Å². The maximum atomic E-state index is 2.71. The van der Waals surface area contributed by atoms with Gasteiger partial charge in [0.25, 0.3) is 0 Å². The molecule has 110 valence electrons. The Balaban J connectivity index is 1.44. The summed E-state index contributed by atoms with van der Waals surface area (Å²) in [7, 11) is 0. The van der Waals surface area contributed by atoms with E-state index in [-0.39, 0.29) is 0 Å². The first-order valence-corrected chi connectivity index (χ1v) is 8.33. The third-order valence-electron chi connectivity index (χ3n) is 5.13. The van der Waals surface area contributed by atoms with Gasteiger partial charge in [0.05, 0.1) is 0 Å². The summed E-state index contributed by atoms with van der Waals surface area (Å²) in [6.07, 6.45) is 5.54. The van der Waals surface area contributed by atoms with Gasteiger partial charge in [0.2, 0.25) is 0 Å². The highest BCUT2D eigenvalue weighted by Gasteiger charge is 2.23. The highest BCUT2D eigenvalue weighted by atomic mass is 15.2. The third-order valence-corrected chi connectivity index (χ3v) is 5.13. The molecular formula is C18H28N2. The molecule has 0 aromatic heterocycles. The Morgan fingerprint density at radius 3 is 2.20 bits per heavy atom. The molecular weight excluding hydrogens is 244 g/mol. The number of anilines is 1. The molecule has 1 aromatic carbocycles. The van der Waals surface area contributed by atoms with E-state index in [9.17, 15) is 0 Å². The molecule has 20 heavy (non-hydrogen) atoms. The molecule has 1 aromatic rings. The lowest BCUT2D eigenvalue weighted by atomic mass is 9.93. The number of nitrogens with zero attached hydrogens (tertiary/aromatic N) is 2. The smallest absolute Gasteiger partial charge is 0.0366 e. The highest BCUT2D eigenvalue weighted by molar-refractivity contribution is 5.46. The van der Waals surface area contributed by atoms with Gasteiger partial charge in [-0.15, -0.1) is 0 Å². The van der Waals surface area contributed by atoms with Gasteiger partial charge in [-0.25, -0.2) is 0 Å². The zero-order valence-electron chi connectivity index (χ0n) is 12.8. The average Bonchev–Trinajstić information content (AvgIpc) is 2.51. The van der Waals surface area contributed by atoms with Crippen LogP contribution in [0.25, 0.3) is 0 Å². The molecule has 2 aliphatic rings. The van der Waals surface area contributed by atoms with Crippen molar-refractivity contribution < 1.29 is 0 Å². The normalized spacial score (nSPS) is 23.1. The topological polar surface area (TPSA) is 6.48 Å². The third kappa shape index (κ3) is 3.54. The number of hydrogen-bond acceptors (Lipinski definition) is 2. The van der Waals surface area contributed by atoms with E-state index < -0.39 is 0 Å². The van der Waals surface area contributed by atoms with Crippen molar-refractivity contribution in [1.82, 2.24) is 4.90 Å². The monoisotopic (exact) mass is 272 g/mol. The van der Waals surface area contributed by atoms with Crippen molar-refractivity contribution >= 4 is 5.69 Å². The first-order chi connectivity index (χ1) is 9.81. The molecule has 2 aliphatic heterocycles. The van der Waals surface area contributed by atoms with Gasteiger partial charge in [-0.3, -0.25) is 0 Å². The van der Waals surface area contributed by atoms with Crippen molar-refractivity contribution in [1.29, 1.82) is 0 Å². The van der Waals surface area contributed by atoms with Crippen LogP contribution in [-0.4, -0.2) is 37.6 Å². The van der Waals surface area contributed by atoms with E-state index in [4.69, 9.17) is 0 Å². The van der Waals surface area contributed by atoms with Gasteiger partial charge in [0.1, 0.15) is 0 Å². The highest BCUT2D eigenvalue weighted by Crippen LogP contribution is 2.25. The lowest BCUT2D eigenvalue weighted by Crippen LogP contribution is -2.41. The molecule has 2 fully saturated rings. The van der Waals surface area contributed by atoms with Crippen LogP contribution in [0, 0.1) is 11.8 Å². The van der Waals surface area contributed by atoms with Crippen LogP contribution in [0.3, 0.4) is 0 Å². The standard InChI is InChI=1S/C18H28N2/c1-16-7-11-19(12-8-16)15-17-9-13-20(14-10-17)18-5-3-2-4-6-18/h2-6,16-17H,7-15H2,1H3. The van der Waals surface area contributed by atoms with Crippen molar-refractivity contribution in [2.75, 3.05) is 37.6 Å². The van der Waals surface area contributed by atoms with Crippen LogP contribution >= 0.6 is 0 Å². The van der Waals surface area contributed by atoms with E-state index in [0.717, 1.165) is 11.8 Å². The van der Waals surface area contributed by atoms with Gasteiger partial charge in [-0.05, 0) is 62.7 Å². The maximum absolute atomic E-state index is 2.71. The molecule has 0 bridgehead atoms. The minimum atomic E-state index is 0.920. The minimum Gasteiger partial charge on any atom is -0.372 e. The van der Waals surface area contributed by atoms with Gasteiger partial charge in [-0.2, -0.15) is 0 Å².